The van der Waals surface area contributed by atoms with Gasteiger partial charge in [0, 0.05) is 13.8 Å². The molecule has 0 heterocycles. The summed E-state index contributed by atoms with van der Waals surface area (Å²) in [5.41, 5.74) is 0. The molecule has 0 amide bonds. The van der Waals surface area contributed by atoms with E-state index in [4.69, 9.17) is 6.64 Å². The fraction of sp³-hybridized carbons (Fsp3) is 0.750. The standard InChI is InChI=1S/C4H6O2.2C3H7O.C2H3O.Ti/c1-3(5)4(2)6;2*1-3(2)4;1-2-3;/h1-2H3;2*3H,1-2H3;1H3;/q;2*-1;;+2. The third kappa shape index (κ3) is 13.7. The fourth-order valence-electron chi connectivity index (χ4n) is 0.622. The van der Waals surface area contributed by atoms with E-state index < -0.39 is 18.6 Å². The predicted molar refractivity (Wildman–Crippen MR) is 64.5 cm³/mol. The Morgan fingerprint density at radius 1 is 0.778 bits per heavy atom. The van der Waals surface area contributed by atoms with Gasteiger partial charge in [0.15, 0.2) is 11.6 Å². The Kier molecular flexibility index (Phi) is 11.7. The number of ketones is 2. The van der Waals surface area contributed by atoms with E-state index in [1.165, 1.54) is 13.8 Å². The zero-order valence-electron chi connectivity index (χ0n) is 12.2. The van der Waals surface area contributed by atoms with Crippen LogP contribution in [0.25, 0.3) is 0 Å². The topological polar surface area (TPSA) is 69.7 Å². The quantitative estimate of drug-likeness (QED) is 0.553. The van der Waals surface area contributed by atoms with Crippen molar-refractivity contribution in [2.24, 2.45) is 0 Å². The molecule has 0 aliphatic carbocycles. The van der Waals surface area contributed by atoms with E-state index in [1.807, 2.05) is 27.7 Å². The van der Waals surface area contributed by atoms with Crippen LogP contribution in [0.4, 0.5) is 0 Å². The van der Waals surface area contributed by atoms with Crippen molar-refractivity contribution in [2.75, 3.05) is 0 Å². The second-order valence-corrected chi connectivity index (χ2v) is 7.02. The SMILES string of the molecule is CC(=O)C(C)=O.C[C](=O)[Ti]([O]C(C)C)[O]C(C)C. The molecule has 18 heavy (non-hydrogen) atoms. The molecule has 0 saturated heterocycles. The van der Waals surface area contributed by atoms with E-state index in [2.05, 4.69) is 0 Å². The number of hydrogen-bond acceptors (Lipinski definition) is 5. The minimum atomic E-state index is -2.33. The number of hydrogen-bond donors (Lipinski definition) is 0. The van der Waals surface area contributed by atoms with Gasteiger partial charge in [-0.3, -0.25) is 9.59 Å². The van der Waals surface area contributed by atoms with Crippen LogP contribution in [0.5, 0.6) is 0 Å². The van der Waals surface area contributed by atoms with Crippen LogP contribution in [0.2, 0.25) is 0 Å². The summed E-state index contributed by atoms with van der Waals surface area (Å²) in [6.07, 6.45) is 0.172. The van der Waals surface area contributed by atoms with Crippen molar-refractivity contribution in [3.8, 4) is 0 Å². The zero-order chi connectivity index (χ0) is 14.9. The average Bonchev–Trinajstić information content (AvgIpc) is 2.15. The summed E-state index contributed by atoms with van der Waals surface area (Å²) in [5.74, 6) is -0.759. The summed E-state index contributed by atoms with van der Waals surface area (Å²) >= 11 is -2.33. The van der Waals surface area contributed by atoms with Crippen LogP contribution >= 0.6 is 0 Å². The maximum atomic E-state index is 11.0. The van der Waals surface area contributed by atoms with Gasteiger partial charge in [-0.15, -0.1) is 0 Å². The van der Waals surface area contributed by atoms with Gasteiger partial charge >= 0.3 is 81.0 Å². The summed E-state index contributed by atoms with van der Waals surface area (Å²) in [7, 11) is 0. The number of Topliss-reactive ketones (excluding diaryl/α,β-unsaturated/α-hetero) is 2. The van der Waals surface area contributed by atoms with Crippen LogP contribution in [0, 0.1) is 0 Å². The summed E-state index contributed by atoms with van der Waals surface area (Å²) in [6.45, 7) is 11.7. The van der Waals surface area contributed by atoms with Crippen LogP contribution in [0.3, 0.4) is 0 Å². The van der Waals surface area contributed by atoms with E-state index >= 15 is 0 Å². The molecule has 6 heteroatoms. The number of carbonyl (C=O) groups is 3. The Labute approximate surface area is 116 Å². The van der Waals surface area contributed by atoms with E-state index in [0.717, 1.165) is 0 Å². The van der Waals surface area contributed by atoms with E-state index in [1.54, 1.807) is 6.92 Å². The van der Waals surface area contributed by atoms with Crippen molar-refractivity contribution >= 4 is 15.7 Å². The molecular weight excluding hydrogens is 272 g/mol. The van der Waals surface area contributed by atoms with Crippen LogP contribution in [-0.4, -0.2) is 27.9 Å². The Morgan fingerprint density at radius 3 is 1.17 bits per heavy atom. The zero-order valence-corrected chi connectivity index (χ0v) is 13.8. The van der Waals surface area contributed by atoms with Crippen LogP contribution in [0.1, 0.15) is 48.5 Å². The molecule has 0 fully saturated rings. The monoisotopic (exact) mass is 295 g/mol. The molecule has 0 saturated carbocycles. The van der Waals surface area contributed by atoms with Gasteiger partial charge in [0.2, 0.25) is 0 Å². The molecule has 105 valence electrons. The van der Waals surface area contributed by atoms with E-state index in [9.17, 15) is 14.4 Å². The van der Waals surface area contributed by atoms with Crippen LogP contribution in [0.15, 0.2) is 0 Å². The molecule has 5 nitrogen and oxygen atoms in total. The molecule has 0 atom stereocenters. The van der Waals surface area contributed by atoms with E-state index in [0.29, 0.717) is 0 Å². The second kappa shape index (κ2) is 10.6. The number of rotatable bonds is 6. The van der Waals surface area contributed by atoms with Crippen molar-refractivity contribution in [3.05, 3.63) is 0 Å². The average molecular weight is 295 g/mol. The van der Waals surface area contributed by atoms with Gasteiger partial charge in [-0.2, -0.15) is 0 Å². The summed E-state index contributed by atoms with van der Waals surface area (Å²) in [4.78, 5) is 30.6. The molecule has 0 spiro atoms. The Hall–Kier alpha value is -0.356. The van der Waals surface area contributed by atoms with Gasteiger partial charge in [-0.1, -0.05) is 0 Å². The summed E-state index contributed by atoms with van der Waals surface area (Å²) in [5, 5.41) is 0. The van der Waals surface area contributed by atoms with Gasteiger partial charge in [0.1, 0.15) is 0 Å². The maximum absolute atomic E-state index is 11.0. The number of carbonyl (C=O) groups excluding carboxylic acids is 3. The predicted octanol–water partition coefficient (Wildman–Crippen LogP) is 2.00. The fourth-order valence-corrected chi connectivity index (χ4v) is 2.56. The van der Waals surface area contributed by atoms with Crippen molar-refractivity contribution in [1.82, 2.24) is 0 Å². The Morgan fingerprint density at radius 2 is 1.06 bits per heavy atom. The molecule has 0 N–H and O–H groups in total. The molecule has 0 aliphatic rings. The first-order valence-corrected chi connectivity index (χ1v) is 7.86. The normalized spacial score (nSPS) is 9.83. The van der Waals surface area contributed by atoms with Gasteiger partial charge in [-0.05, 0) is 0 Å². The molecular formula is C12H23O5Ti. The molecule has 0 bridgehead atoms. The third-order valence-corrected chi connectivity index (χ3v) is 4.51. The van der Waals surface area contributed by atoms with Crippen molar-refractivity contribution in [3.63, 3.8) is 0 Å². The molecule has 0 aromatic rings. The molecule has 0 aliphatic heterocycles. The summed E-state index contributed by atoms with van der Waals surface area (Å²) in [6, 6.07) is 0. The van der Waals surface area contributed by atoms with Crippen LogP contribution < -0.4 is 0 Å². The first-order chi connectivity index (χ1) is 8.07. The first kappa shape index (κ1) is 20.0. The summed E-state index contributed by atoms with van der Waals surface area (Å²) < 4.78 is 10.9. The van der Waals surface area contributed by atoms with Crippen LogP contribution in [-0.2, 0) is 39.7 Å². The van der Waals surface area contributed by atoms with Crippen molar-refractivity contribution in [1.29, 1.82) is 0 Å². The van der Waals surface area contributed by atoms with Gasteiger partial charge < -0.3 is 0 Å². The Balaban J connectivity index is 0. The van der Waals surface area contributed by atoms with Gasteiger partial charge in [0.05, 0.1) is 0 Å². The minimum absolute atomic E-state index is 0.0809. The van der Waals surface area contributed by atoms with Crippen molar-refractivity contribution in [2.45, 2.75) is 60.7 Å². The first-order valence-electron chi connectivity index (χ1n) is 5.80. The Bertz CT molecular complexity index is 264. The molecule has 0 aromatic heterocycles. The molecule has 0 unspecified atom stereocenters. The molecule has 0 aromatic carbocycles. The van der Waals surface area contributed by atoms with Gasteiger partial charge in [0.25, 0.3) is 0 Å². The van der Waals surface area contributed by atoms with Gasteiger partial charge in [-0.25, -0.2) is 0 Å². The van der Waals surface area contributed by atoms with Crippen molar-refractivity contribution < 1.29 is 39.7 Å². The van der Waals surface area contributed by atoms with E-state index in [-0.39, 0.29) is 27.9 Å². The molecule has 0 radical (unpaired) electrons. The molecule has 0 rings (SSSR count). The second-order valence-electron chi connectivity index (χ2n) is 4.29. The third-order valence-electron chi connectivity index (χ3n) is 1.47.